The Hall–Kier alpha value is -4.00. The summed E-state index contributed by atoms with van der Waals surface area (Å²) in [6.45, 7) is 2.39. The molecule has 1 aliphatic carbocycles. The maximum absolute atomic E-state index is 13.6. The molecule has 3 N–H and O–H groups in total. The van der Waals surface area contributed by atoms with Crippen LogP contribution in [-0.4, -0.2) is 37.4 Å². The number of amides is 1. The molecule has 2 aliphatic rings. The fourth-order valence-electron chi connectivity index (χ4n) is 5.39. The Morgan fingerprint density at radius 2 is 1.89 bits per heavy atom. The van der Waals surface area contributed by atoms with E-state index in [1.807, 2.05) is 49.5 Å². The van der Waals surface area contributed by atoms with Gasteiger partial charge in [-0.3, -0.25) is 9.59 Å². The van der Waals surface area contributed by atoms with Gasteiger partial charge in [-0.25, -0.2) is 0 Å². The minimum atomic E-state index is -0.470. The molecule has 0 saturated heterocycles. The molecule has 36 heavy (non-hydrogen) atoms. The Balaban J connectivity index is 1.45. The predicted octanol–water partition coefficient (Wildman–Crippen LogP) is 4.51. The maximum Gasteiger partial charge on any atom is 0.249 e. The first-order chi connectivity index (χ1) is 17.5. The van der Waals surface area contributed by atoms with Crippen LogP contribution in [0.4, 0.5) is 0 Å². The summed E-state index contributed by atoms with van der Waals surface area (Å²) in [6, 6.07) is 13.7. The van der Waals surface area contributed by atoms with Crippen LogP contribution in [0.25, 0.3) is 10.9 Å². The first-order valence-electron chi connectivity index (χ1n) is 12.3. The van der Waals surface area contributed by atoms with E-state index in [4.69, 9.17) is 9.47 Å². The van der Waals surface area contributed by atoms with E-state index in [9.17, 15) is 9.59 Å². The molecule has 0 bridgehead atoms. The number of hydrogen-bond donors (Lipinski definition) is 3. The molecule has 186 valence electrons. The lowest BCUT2D eigenvalue weighted by Crippen LogP contribution is -2.38. The number of hydrogen-bond acceptors (Lipinski definition) is 5. The lowest BCUT2D eigenvalue weighted by atomic mass is 9.75. The molecule has 2 aromatic carbocycles. The number of rotatable bonds is 7. The Morgan fingerprint density at radius 1 is 1.08 bits per heavy atom. The summed E-state index contributed by atoms with van der Waals surface area (Å²) >= 11 is 0. The second kappa shape index (κ2) is 9.93. The van der Waals surface area contributed by atoms with Gasteiger partial charge < -0.3 is 25.1 Å². The van der Waals surface area contributed by atoms with E-state index < -0.39 is 5.92 Å². The number of para-hydroxylation sites is 1. The lowest BCUT2D eigenvalue weighted by Gasteiger charge is -2.34. The summed E-state index contributed by atoms with van der Waals surface area (Å²) in [7, 11) is 3.17. The van der Waals surface area contributed by atoms with Gasteiger partial charge in [0.25, 0.3) is 0 Å². The Kier molecular flexibility index (Phi) is 6.55. The first kappa shape index (κ1) is 23.7. The van der Waals surface area contributed by atoms with Gasteiger partial charge in [-0.15, -0.1) is 0 Å². The van der Waals surface area contributed by atoms with Crippen molar-refractivity contribution in [3.8, 4) is 11.5 Å². The highest BCUT2D eigenvalue weighted by molar-refractivity contribution is 6.05. The molecule has 0 radical (unpaired) electrons. The minimum absolute atomic E-state index is 0.0835. The molecule has 1 amide bonds. The van der Waals surface area contributed by atoms with Gasteiger partial charge >= 0.3 is 0 Å². The average molecular weight is 486 g/mol. The highest BCUT2D eigenvalue weighted by atomic mass is 16.5. The zero-order valence-corrected chi connectivity index (χ0v) is 20.9. The van der Waals surface area contributed by atoms with Gasteiger partial charge in [-0.2, -0.15) is 0 Å². The van der Waals surface area contributed by atoms with Crippen molar-refractivity contribution in [2.24, 2.45) is 0 Å². The molecule has 2 heterocycles. The highest BCUT2D eigenvalue weighted by Crippen LogP contribution is 2.44. The number of Topliss-reactive ketones (excluding diaryl/α,β-unsaturated/α-hetero) is 1. The number of ether oxygens (including phenoxy) is 2. The Labute approximate surface area is 210 Å². The number of carbonyl (C=O) groups is 2. The van der Waals surface area contributed by atoms with E-state index in [0.29, 0.717) is 42.0 Å². The number of allylic oxidation sites excluding steroid dienone is 3. The van der Waals surface area contributed by atoms with Crippen LogP contribution in [0.2, 0.25) is 0 Å². The van der Waals surface area contributed by atoms with Crippen molar-refractivity contribution < 1.29 is 19.1 Å². The Bertz CT molecular complexity index is 1400. The molecular formula is C29H31N3O4. The smallest absolute Gasteiger partial charge is 0.249 e. The van der Waals surface area contributed by atoms with Crippen molar-refractivity contribution in [1.82, 2.24) is 15.6 Å². The zero-order valence-electron chi connectivity index (χ0n) is 20.9. The SMILES string of the molecule is COc1ccc(C2C(C(=O)NCCc3c[nH]c4ccccc34)=C(C)NC3=C2C(=O)CCC3)cc1OC. The van der Waals surface area contributed by atoms with Crippen molar-refractivity contribution in [1.29, 1.82) is 0 Å². The van der Waals surface area contributed by atoms with E-state index in [0.717, 1.165) is 46.3 Å². The number of benzene rings is 2. The van der Waals surface area contributed by atoms with E-state index in [1.165, 1.54) is 0 Å². The topological polar surface area (TPSA) is 92.5 Å². The first-order valence-corrected chi connectivity index (χ1v) is 12.3. The lowest BCUT2D eigenvalue weighted by molar-refractivity contribution is -0.117. The molecule has 7 nitrogen and oxygen atoms in total. The van der Waals surface area contributed by atoms with E-state index >= 15 is 0 Å². The molecular weight excluding hydrogens is 454 g/mol. The van der Waals surface area contributed by atoms with Gasteiger partial charge in [0.05, 0.1) is 14.2 Å². The summed E-state index contributed by atoms with van der Waals surface area (Å²) < 4.78 is 10.9. The number of H-pyrrole nitrogens is 1. The van der Waals surface area contributed by atoms with Crippen LogP contribution in [-0.2, 0) is 16.0 Å². The van der Waals surface area contributed by atoms with Crippen LogP contribution >= 0.6 is 0 Å². The second-order valence-corrected chi connectivity index (χ2v) is 9.25. The van der Waals surface area contributed by atoms with Gasteiger partial charge in [0.15, 0.2) is 17.3 Å². The molecule has 1 aromatic heterocycles. The van der Waals surface area contributed by atoms with Crippen LogP contribution in [0.3, 0.4) is 0 Å². The average Bonchev–Trinajstić information content (AvgIpc) is 3.30. The number of methoxy groups -OCH3 is 2. The van der Waals surface area contributed by atoms with Crippen molar-refractivity contribution in [3.63, 3.8) is 0 Å². The van der Waals surface area contributed by atoms with Crippen LogP contribution < -0.4 is 20.1 Å². The monoisotopic (exact) mass is 485 g/mol. The van der Waals surface area contributed by atoms with Gasteiger partial charge in [0.2, 0.25) is 5.91 Å². The normalized spacial score (nSPS) is 17.6. The molecule has 1 atom stereocenters. The molecule has 1 unspecified atom stereocenters. The fraction of sp³-hybridized carbons (Fsp3) is 0.310. The van der Waals surface area contributed by atoms with Crippen molar-refractivity contribution >= 4 is 22.6 Å². The quantitative estimate of drug-likeness (QED) is 0.458. The summed E-state index contributed by atoms with van der Waals surface area (Å²) in [4.78, 5) is 30.1. The van der Waals surface area contributed by atoms with Crippen LogP contribution in [0.5, 0.6) is 11.5 Å². The number of aromatic amines is 1. The number of dihydropyridines is 1. The standard InChI is InChI=1S/C29H31N3O4/c1-17-26(29(34)30-14-13-19-16-31-21-8-5-4-7-20(19)21)27(28-22(32-17)9-6-10-23(28)33)18-11-12-24(35-2)25(15-18)36-3/h4-5,7-8,11-12,15-16,27,31-32H,6,9-10,13-14H2,1-3H3,(H,30,34). The van der Waals surface area contributed by atoms with Crippen molar-refractivity contribution in [2.45, 2.75) is 38.5 Å². The third kappa shape index (κ3) is 4.26. The van der Waals surface area contributed by atoms with Crippen molar-refractivity contribution in [2.75, 3.05) is 20.8 Å². The highest BCUT2D eigenvalue weighted by Gasteiger charge is 2.38. The zero-order chi connectivity index (χ0) is 25.2. The Morgan fingerprint density at radius 3 is 2.69 bits per heavy atom. The van der Waals surface area contributed by atoms with Crippen LogP contribution in [0.1, 0.15) is 43.2 Å². The van der Waals surface area contributed by atoms with E-state index in [1.54, 1.807) is 14.2 Å². The second-order valence-electron chi connectivity index (χ2n) is 9.25. The van der Waals surface area contributed by atoms with Gasteiger partial charge in [-0.05, 0) is 55.5 Å². The molecule has 3 aromatic rings. The largest absolute Gasteiger partial charge is 0.493 e. The molecule has 7 heteroatoms. The molecule has 5 rings (SSSR count). The summed E-state index contributed by atoms with van der Waals surface area (Å²) in [5.41, 5.74) is 6.00. The summed E-state index contributed by atoms with van der Waals surface area (Å²) in [5.74, 6) is 0.604. The fourth-order valence-corrected chi connectivity index (χ4v) is 5.39. The number of aromatic nitrogens is 1. The number of fused-ring (bicyclic) bond motifs is 1. The minimum Gasteiger partial charge on any atom is -0.493 e. The molecule has 1 aliphatic heterocycles. The number of carbonyl (C=O) groups excluding carboxylic acids is 2. The third-order valence-corrected chi connectivity index (χ3v) is 7.12. The van der Waals surface area contributed by atoms with Gasteiger partial charge in [-0.1, -0.05) is 24.3 Å². The van der Waals surface area contributed by atoms with Gasteiger partial charge in [0, 0.05) is 58.5 Å². The maximum atomic E-state index is 13.6. The number of ketones is 1. The molecule has 0 saturated carbocycles. The van der Waals surface area contributed by atoms with Crippen LogP contribution in [0.15, 0.2) is 71.2 Å². The van der Waals surface area contributed by atoms with Crippen molar-refractivity contribution in [3.05, 3.63) is 82.3 Å². The molecule has 0 spiro atoms. The van der Waals surface area contributed by atoms with Crippen LogP contribution in [0, 0.1) is 0 Å². The number of nitrogens with one attached hydrogen (secondary N) is 3. The van der Waals surface area contributed by atoms with Gasteiger partial charge in [0.1, 0.15) is 0 Å². The summed E-state index contributed by atoms with van der Waals surface area (Å²) in [5, 5.41) is 7.64. The summed E-state index contributed by atoms with van der Waals surface area (Å²) in [6.07, 6.45) is 4.77. The predicted molar refractivity (Wildman–Crippen MR) is 139 cm³/mol. The molecule has 0 fully saturated rings. The third-order valence-electron chi connectivity index (χ3n) is 7.12. The van der Waals surface area contributed by atoms with E-state index in [-0.39, 0.29) is 11.7 Å². The van der Waals surface area contributed by atoms with E-state index in [2.05, 4.69) is 21.7 Å².